The number of rotatable bonds is 1. The van der Waals surface area contributed by atoms with Crippen LogP contribution in [-0.2, 0) is 0 Å². The number of halogens is 1. The van der Waals surface area contributed by atoms with Crippen molar-refractivity contribution in [2.75, 3.05) is 0 Å². The summed E-state index contributed by atoms with van der Waals surface area (Å²) >= 11 is 5.95. The Morgan fingerprint density at radius 3 is 2.25 bits per heavy atom. The smallest absolute Gasteiger partial charge is 0.160 e. The summed E-state index contributed by atoms with van der Waals surface area (Å²) in [4.78, 5) is 17.4. The third-order valence-electron chi connectivity index (χ3n) is 4.06. The van der Waals surface area contributed by atoms with Crippen molar-refractivity contribution in [2.24, 2.45) is 0 Å². The second-order valence-corrected chi connectivity index (χ2v) is 6.10. The van der Waals surface area contributed by atoms with Crippen LogP contribution in [-0.4, -0.2) is 19.9 Å². The van der Waals surface area contributed by atoms with Crippen LogP contribution in [0.15, 0.2) is 60.7 Å². The Morgan fingerprint density at radius 1 is 0.667 bits per heavy atom. The SMILES string of the molecule is Clc1ccc(-c2nc3cc4nc5ccccc5[nH]c4cc3n2)cc1. The molecule has 3 aromatic carbocycles. The average molecular weight is 331 g/mol. The number of benzene rings is 3. The molecule has 0 amide bonds. The van der Waals surface area contributed by atoms with Crippen LogP contribution in [0.1, 0.15) is 0 Å². The van der Waals surface area contributed by atoms with Crippen molar-refractivity contribution in [1.29, 1.82) is 0 Å². The van der Waals surface area contributed by atoms with Crippen molar-refractivity contribution in [3.63, 3.8) is 0 Å². The van der Waals surface area contributed by atoms with Crippen LogP contribution in [0.2, 0.25) is 5.02 Å². The zero-order valence-corrected chi connectivity index (χ0v) is 13.2. The lowest BCUT2D eigenvalue weighted by atomic mass is 10.2. The van der Waals surface area contributed by atoms with Gasteiger partial charge in [0, 0.05) is 10.6 Å². The Labute approximate surface area is 142 Å². The molecule has 114 valence electrons. The number of nitrogens with one attached hydrogen (secondary N) is 1. The summed E-state index contributed by atoms with van der Waals surface area (Å²) in [5.74, 6) is 0.696. The van der Waals surface area contributed by atoms with Crippen LogP contribution in [0.3, 0.4) is 0 Å². The first-order valence-electron chi connectivity index (χ1n) is 7.58. The quantitative estimate of drug-likeness (QED) is 0.441. The summed E-state index contributed by atoms with van der Waals surface area (Å²) in [5.41, 5.74) is 6.39. The van der Waals surface area contributed by atoms with Gasteiger partial charge in [0.05, 0.1) is 33.1 Å². The van der Waals surface area contributed by atoms with Crippen LogP contribution in [0, 0.1) is 0 Å². The highest BCUT2D eigenvalue weighted by atomic mass is 35.5. The van der Waals surface area contributed by atoms with Gasteiger partial charge in [-0.05, 0) is 48.5 Å². The van der Waals surface area contributed by atoms with E-state index >= 15 is 0 Å². The largest absolute Gasteiger partial charge is 0.352 e. The number of para-hydroxylation sites is 2. The summed E-state index contributed by atoms with van der Waals surface area (Å²) in [5, 5.41) is 0.700. The lowest BCUT2D eigenvalue weighted by molar-refractivity contribution is 1.34. The van der Waals surface area contributed by atoms with Crippen molar-refractivity contribution in [3.8, 4) is 11.4 Å². The molecule has 0 bridgehead atoms. The van der Waals surface area contributed by atoms with E-state index in [9.17, 15) is 0 Å². The Morgan fingerprint density at radius 2 is 1.42 bits per heavy atom. The van der Waals surface area contributed by atoms with Crippen molar-refractivity contribution < 1.29 is 0 Å². The lowest BCUT2D eigenvalue weighted by Crippen LogP contribution is -1.87. The molecule has 5 aromatic rings. The summed E-state index contributed by atoms with van der Waals surface area (Å²) in [6, 6.07) is 19.5. The van der Waals surface area contributed by atoms with Crippen LogP contribution < -0.4 is 0 Å². The van der Waals surface area contributed by atoms with E-state index in [1.54, 1.807) is 0 Å². The predicted octanol–water partition coefficient (Wildman–Crippen LogP) is 4.98. The summed E-state index contributed by atoms with van der Waals surface area (Å²) in [6.45, 7) is 0. The van der Waals surface area contributed by atoms with Gasteiger partial charge in [-0.25, -0.2) is 15.0 Å². The highest BCUT2D eigenvalue weighted by Gasteiger charge is 2.09. The number of imidazole rings is 1. The minimum Gasteiger partial charge on any atom is -0.352 e. The topological polar surface area (TPSA) is 54.5 Å². The van der Waals surface area contributed by atoms with E-state index in [-0.39, 0.29) is 0 Å². The zero-order valence-electron chi connectivity index (χ0n) is 12.5. The Bertz CT molecular complexity index is 1140. The molecule has 2 aromatic heterocycles. The van der Waals surface area contributed by atoms with Gasteiger partial charge >= 0.3 is 0 Å². The number of nitrogens with zero attached hydrogens (tertiary/aromatic N) is 3. The van der Waals surface area contributed by atoms with Gasteiger partial charge < -0.3 is 4.98 Å². The molecule has 5 heteroatoms. The molecule has 24 heavy (non-hydrogen) atoms. The van der Waals surface area contributed by atoms with E-state index in [1.807, 2.05) is 60.7 Å². The van der Waals surface area contributed by atoms with E-state index < -0.39 is 0 Å². The molecule has 2 heterocycles. The maximum Gasteiger partial charge on any atom is 0.160 e. The summed E-state index contributed by atoms with van der Waals surface area (Å²) in [6.07, 6.45) is 0. The van der Waals surface area contributed by atoms with Gasteiger partial charge in [-0.1, -0.05) is 23.7 Å². The van der Waals surface area contributed by atoms with Crippen LogP contribution in [0.5, 0.6) is 0 Å². The lowest BCUT2D eigenvalue weighted by Gasteiger charge is -2.01. The number of H-pyrrole nitrogens is 1. The minimum atomic E-state index is 0.696. The van der Waals surface area contributed by atoms with E-state index in [2.05, 4.69) is 15.0 Å². The van der Waals surface area contributed by atoms with Gasteiger partial charge in [-0.2, -0.15) is 0 Å². The molecule has 5 rings (SSSR count). The van der Waals surface area contributed by atoms with Crippen molar-refractivity contribution >= 4 is 44.7 Å². The van der Waals surface area contributed by atoms with E-state index in [0.29, 0.717) is 10.8 Å². The molecule has 0 aliphatic carbocycles. The van der Waals surface area contributed by atoms with Crippen molar-refractivity contribution in [3.05, 3.63) is 65.7 Å². The zero-order chi connectivity index (χ0) is 16.1. The number of aromatic amines is 1. The molecule has 0 aliphatic rings. The average Bonchev–Trinajstić information content (AvgIpc) is 3.01. The number of hydrogen-bond donors (Lipinski definition) is 1. The fourth-order valence-electron chi connectivity index (χ4n) is 2.87. The normalized spacial score (nSPS) is 11.5. The second kappa shape index (κ2) is 5.01. The van der Waals surface area contributed by atoms with Gasteiger partial charge in [0.2, 0.25) is 0 Å². The van der Waals surface area contributed by atoms with Crippen molar-refractivity contribution in [2.45, 2.75) is 0 Å². The van der Waals surface area contributed by atoms with E-state index in [1.165, 1.54) is 0 Å². The summed E-state index contributed by atoms with van der Waals surface area (Å²) in [7, 11) is 0. The number of hydrogen-bond acceptors (Lipinski definition) is 3. The molecular formula is C19H11ClN4. The van der Waals surface area contributed by atoms with Gasteiger partial charge in [0.15, 0.2) is 5.82 Å². The molecule has 0 fully saturated rings. The van der Waals surface area contributed by atoms with Gasteiger partial charge in [-0.3, -0.25) is 0 Å². The van der Waals surface area contributed by atoms with E-state index in [0.717, 1.165) is 38.7 Å². The molecule has 4 nitrogen and oxygen atoms in total. The molecule has 0 aliphatic heterocycles. The molecular weight excluding hydrogens is 320 g/mol. The number of aromatic nitrogens is 4. The summed E-state index contributed by atoms with van der Waals surface area (Å²) < 4.78 is 0. The molecule has 0 radical (unpaired) electrons. The molecule has 0 saturated carbocycles. The van der Waals surface area contributed by atoms with Gasteiger partial charge in [0.1, 0.15) is 0 Å². The first-order valence-corrected chi connectivity index (χ1v) is 7.96. The Hall–Kier alpha value is -2.98. The molecule has 0 atom stereocenters. The monoisotopic (exact) mass is 330 g/mol. The highest BCUT2D eigenvalue weighted by Crippen LogP contribution is 2.25. The standard InChI is InChI=1S/C19H11ClN4/c20-12-7-5-11(6-8-12)19-23-17-9-15-16(10-18(17)24-19)22-14-4-2-1-3-13(14)21-15/h1-10,21H. The van der Waals surface area contributed by atoms with Crippen molar-refractivity contribution in [1.82, 2.24) is 19.9 Å². The van der Waals surface area contributed by atoms with Crippen LogP contribution in [0.25, 0.3) is 44.5 Å². The Kier molecular flexibility index (Phi) is 2.81. The van der Waals surface area contributed by atoms with Gasteiger partial charge in [-0.15, -0.1) is 0 Å². The van der Waals surface area contributed by atoms with Crippen LogP contribution in [0.4, 0.5) is 0 Å². The maximum absolute atomic E-state index is 5.95. The number of fused-ring (bicyclic) bond motifs is 3. The fraction of sp³-hybridized carbons (Fsp3) is 0. The van der Waals surface area contributed by atoms with E-state index in [4.69, 9.17) is 16.6 Å². The first-order chi connectivity index (χ1) is 11.8. The predicted molar refractivity (Wildman–Crippen MR) is 97.1 cm³/mol. The minimum absolute atomic E-state index is 0.696. The molecule has 0 saturated heterocycles. The van der Waals surface area contributed by atoms with Crippen LogP contribution >= 0.6 is 11.6 Å². The fourth-order valence-corrected chi connectivity index (χ4v) is 3.00. The first kappa shape index (κ1) is 13.5. The third-order valence-corrected chi connectivity index (χ3v) is 4.31. The molecule has 1 N–H and O–H groups in total. The second-order valence-electron chi connectivity index (χ2n) is 5.67. The molecule has 0 spiro atoms. The third kappa shape index (κ3) is 2.12. The maximum atomic E-state index is 5.95. The Balaban J connectivity index is 1.74. The highest BCUT2D eigenvalue weighted by molar-refractivity contribution is 6.30. The molecule has 0 unspecified atom stereocenters. The van der Waals surface area contributed by atoms with Gasteiger partial charge in [0.25, 0.3) is 0 Å².